The van der Waals surface area contributed by atoms with Gasteiger partial charge in [0.25, 0.3) is 0 Å². The molecule has 0 bridgehead atoms. The summed E-state index contributed by atoms with van der Waals surface area (Å²) in [6.07, 6.45) is -3.10. The highest BCUT2D eigenvalue weighted by Crippen LogP contribution is 2.30. The van der Waals surface area contributed by atoms with Crippen LogP contribution in [0.3, 0.4) is 0 Å². The number of ether oxygens (including phenoxy) is 1. The van der Waals surface area contributed by atoms with Crippen LogP contribution in [0.25, 0.3) is 10.9 Å². The van der Waals surface area contributed by atoms with Gasteiger partial charge in [-0.1, -0.05) is 23.2 Å². The maximum atomic E-state index is 11.9. The van der Waals surface area contributed by atoms with Gasteiger partial charge in [0.2, 0.25) is 0 Å². The van der Waals surface area contributed by atoms with Gasteiger partial charge in [0, 0.05) is 27.7 Å². The topological polar surface area (TPSA) is 42.1 Å². The van der Waals surface area contributed by atoms with Gasteiger partial charge in [-0.2, -0.15) is 13.2 Å². The van der Waals surface area contributed by atoms with Gasteiger partial charge in [-0.3, -0.25) is 4.79 Å². The molecule has 2 rings (SSSR count). The third-order valence-electron chi connectivity index (χ3n) is 2.50. The molecule has 0 unspecified atom stereocenters. The summed E-state index contributed by atoms with van der Waals surface area (Å²) in [5.41, 5.74) is 0.700. The highest BCUT2D eigenvalue weighted by molar-refractivity contribution is 6.39. The quantitative estimate of drug-likeness (QED) is 0.854. The Kier molecular flexibility index (Phi) is 4.27. The molecule has 0 spiro atoms. The predicted octanol–water partition coefficient (Wildman–Crippen LogP) is 4.24. The first-order chi connectivity index (χ1) is 9.28. The fourth-order valence-electron chi connectivity index (χ4n) is 1.74. The summed E-state index contributed by atoms with van der Waals surface area (Å²) in [7, 11) is 0. The highest BCUT2D eigenvalue weighted by atomic mass is 35.5. The van der Waals surface area contributed by atoms with Crippen LogP contribution < -0.4 is 0 Å². The second-order valence-corrected chi connectivity index (χ2v) is 4.89. The molecular formula is C12H8Cl2F3NO2. The Hall–Kier alpha value is -1.24. The molecule has 0 atom stereocenters. The number of Topliss-reactive ketones (excluding diaryl/α,β-unsaturated/α-hetero) is 1. The first kappa shape index (κ1) is 15.2. The molecule has 1 aromatic heterocycles. The van der Waals surface area contributed by atoms with Gasteiger partial charge >= 0.3 is 6.18 Å². The molecule has 0 amide bonds. The van der Waals surface area contributed by atoms with Crippen molar-refractivity contribution in [3.8, 4) is 0 Å². The first-order valence-corrected chi connectivity index (χ1v) is 6.17. The van der Waals surface area contributed by atoms with E-state index in [0.717, 1.165) is 0 Å². The summed E-state index contributed by atoms with van der Waals surface area (Å²) < 4.78 is 40.1. The molecule has 1 N–H and O–H groups in total. The fourth-order valence-corrected chi connectivity index (χ4v) is 2.34. The molecule has 20 heavy (non-hydrogen) atoms. The lowest BCUT2D eigenvalue weighted by atomic mass is 10.1. The molecule has 3 nitrogen and oxygen atoms in total. The van der Waals surface area contributed by atoms with E-state index in [9.17, 15) is 18.0 Å². The Morgan fingerprint density at radius 2 is 2.00 bits per heavy atom. The molecule has 0 aliphatic heterocycles. The number of hydrogen-bond acceptors (Lipinski definition) is 2. The van der Waals surface area contributed by atoms with Crippen LogP contribution in [0.5, 0.6) is 0 Å². The Morgan fingerprint density at radius 3 is 2.65 bits per heavy atom. The number of aromatic nitrogens is 1. The van der Waals surface area contributed by atoms with Gasteiger partial charge in [0.05, 0.1) is 5.02 Å². The molecular weight excluding hydrogens is 318 g/mol. The lowest BCUT2D eigenvalue weighted by Crippen LogP contribution is -2.20. The van der Waals surface area contributed by atoms with Crippen LogP contribution in [0.2, 0.25) is 10.0 Å². The van der Waals surface area contributed by atoms with Crippen LogP contribution in [0.15, 0.2) is 18.3 Å². The first-order valence-electron chi connectivity index (χ1n) is 5.42. The van der Waals surface area contributed by atoms with Crippen LogP contribution in [0.1, 0.15) is 10.4 Å². The van der Waals surface area contributed by atoms with Gasteiger partial charge in [-0.25, -0.2) is 0 Å². The summed E-state index contributed by atoms with van der Waals surface area (Å²) >= 11 is 11.8. The van der Waals surface area contributed by atoms with Gasteiger partial charge in [-0.05, 0) is 12.1 Å². The van der Waals surface area contributed by atoms with Gasteiger partial charge in [0.15, 0.2) is 5.78 Å². The maximum absolute atomic E-state index is 11.9. The average molecular weight is 326 g/mol. The van der Waals surface area contributed by atoms with E-state index in [1.54, 1.807) is 6.07 Å². The number of alkyl halides is 3. The molecule has 0 radical (unpaired) electrons. The minimum Gasteiger partial charge on any atom is -0.364 e. The van der Waals surface area contributed by atoms with Crippen molar-refractivity contribution < 1.29 is 22.7 Å². The van der Waals surface area contributed by atoms with Crippen LogP contribution >= 0.6 is 23.2 Å². The Labute approximate surface area is 121 Å². The summed E-state index contributed by atoms with van der Waals surface area (Å²) in [5, 5.41) is 1.04. The van der Waals surface area contributed by atoms with Crippen molar-refractivity contribution in [1.29, 1.82) is 0 Å². The number of carbonyl (C=O) groups excluding carboxylic acids is 1. The minimum atomic E-state index is -4.47. The number of benzene rings is 1. The standard InChI is InChI=1S/C12H8Cl2F3NO2/c13-6-1-8(14)11-7(3-18-9(11)2-6)10(19)4-20-5-12(15,16)17/h1-3,18H,4-5H2. The van der Waals surface area contributed by atoms with E-state index < -0.39 is 25.2 Å². The largest absolute Gasteiger partial charge is 0.411 e. The third-order valence-corrected chi connectivity index (χ3v) is 3.01. The van der Waals surface area contributed by atoms with Crippen molar-refractivity contribution in [2.45, 2.75) is 6.18 Å². The highest BCUT2D eigenvalue weighted by Gasteiger charge is 2.28. The number of H-pyrrole nitrogens is 1. The van der Waals surface area contributed by atoms with Crippen molar-refractivity contribution in [2.75, 3.05) is 13.2 Å². The summed E-state index contributed by atoms with van der Waals surface area (Å²) in [5.74, 6) is -0.593. The van der Waals surface area contributed by atoms with E-state index in [0.29, 0.717) is 15.9 Å². The summed E-state index contributed by atoms with van der Waals surface area (Å²) in [4.78, 5) is 14.6. The SMILES string of the molecule is O=C(COCC(F)(F)F)c1c[nH]c2cc(Cl)cc(Cl)c12. The van der Waals surface area contributed by atoms with Crippen molar-refractivity contribution >= 4 is 39.9 Å². The van der Waals surface area contributed by atoms with Gasteiger partial charge in [-0.15, -0.1) is 0 Å². The number of halogens is 5. The zero-order valence-corrected chi connectivity index (χ0v) is 11.4. The van der Waals surface area contributed by atoms with Crippen LogP contribution in [-0.4, -0.2) is 30.2 Å². The number of aromatic amines is 1. The fraction of sp³-hybridized carbons (Fsp3) is 0.250. The molecule has 2 aromatic rings. The number of rotatable bonds is 4. The molecule has 8 heteroatoms. The molecule has 0 aliphatic rings. The van der Waals surface area contributed by atoms with Crippen molar-refractivity contribution in [3.63, 3.8) is 0 Å². The Balaban J connectivity index is 2.19. The minimum absolute atomic E-state index is 0.170. The molecule has 0 fully saturated rings. The van der Waals surface area contributed by atoms with Crippen molar-refractivity contribution in [1.82, 2.24) is 4.98 Å². The number of fused-ring (bicyclic) bond motifs is 1. The second-order valence-electron chi connectivity index (χ2n) is 4.04. The van der Waals surface area contributed by atoms with E-state index in [1.165, 1.54) is 12.3 Å². The van der Waals surface area contributed by atoms with E-state index in [-0.39, 0.29) is 10.6 Å². The van der Waals surface area contributed by atoms with Crippen molar-refractivity contribution in [2.24, 2.45) is 0 Å². The molecule has 0 saturated heterocycles. The Morgan fingerprint density at radius 1 is 1.30 bits per heavy atom. The van der Waals surface area contributed by atoms with E-state index in [4.69, 9.17) is 23.2 Å². The summed E-state index contributed by atoms with van der Waals surface area (Å²) in [6.45, 7) is -2.15. The molecule has 1 heterocycles. The van der Waals surface area contributed by atoms with Crippen LogP contribution in [-0.2, 0) is 4.74 Å². The van der Waals surface area contributed by atoms with Gasteiger partial charge in [0.1, 0.15) is 13.2 Å². The zero-order chi connectivity index (χ0) is 14.9. The van der Waals surface area contributed by atoms with E-state index in [2.05, 4.69) is 9.72 Å². The second kappa shape index (κ2) is 5.63. The zero-order valence-electron chi connectivity index (χ0n) is 9.85. The molecule has 1 aromatic carbocycles. The number of nitrogens with one attached hydrogen (secondary N) is 1. The van der Waals surface area contributed by atoms with E-state index in [1.807, 2.05) is 0 Å². The van der Waals surface area contributed by atoms with Crippen molar-refractivity contribution in [3.05, 3.63) is 33.9 Å². The lowest BCUT2D eigenvalue weighted by molar-refractivity contribution is -0.170. The maximum Gasteiger partial charge on any atom is 0.411 e. The van der Waals surface area contributed by atoms with E-state index >= 15 is 0 Å². The van der Waals surface area contributed by atoms with Crippen LogP contribution in [0, 0.1) is 0 Å². The summed E-state index contributed by atoms with van der Waals surface area (Å²) in [6, 6.07) is 3.02. The predicted molar refractivity (Wildman–Crippen MR) is 69.5 cm³/mol. The average Bonchev–Trinajstić information content (AvgIpc) is 2.70. The van der Waals surface area contributed by atoms with Gasteiger partial charge < -0.3 is 9.72 Å². The number of carbonyl (C=O) groups is 1. The number of ketones is 1. The lowest BCUT2D eigenvalue weighted by Gasteiger charge is -2.06. The molecule has 0 aliphatic carbocycles. The molecule has 0 saturated carbocycles. The number of hydrogen-bond donors (Lipinski definition) is 1. The Bertz CT molecular complexity index is 652. The van der Waals surface area contributed by atoms with Crippen LogP contribution in [0.4, 0.5) is 13.2 Å². The monoisotopic (exact) mass is 325 g/mol. The smallest absolute Gasteiger partial charge is 0.364 e. The third kappa shape index (κ3) is 3.45. The normalized spacial score (nSPS) is 12.1. The molecule has 108 valence electrons.